The van der Waals surface area contributed by atoms with Gasteiger partial charge in [-0.2, -0.15) is 0 Å². The van der Waals surface area contributed by atoms with Gasteiger partial charge >= 0.3 is 0 Å². The number of nitrogens with one attached hydrogen (secondary N) is 1. The lowest BCUT2D eigenvalue weighted by atomic mass is 9.88. The third-order valence-electron chi connectivity index (χ3n) is 4.75. The zero-order valence-electron chi connectivity index (χ0n) is 15.3. The van der Waals surface area contributed by atoms with Crippen LogP contribution in [0.1, 0.15) is 32.1 Å². The number of nitro groups is 2. The van der Waals surface area contributed by atoms with E-state index in [1.54, 1.807) is 0 Å². The average Bonchev–Trinajstić information content (AvgIpc) is 2.70. The highest BCUT2D eigenvalue weighted by Gasteiger charge is 2.28. The van der Waals surface area contributed by atoms with Gasteiger partial charge in [0.2, 0.25) is 5.91 Å². The van der Waals surface area contributed by atoms with Crippen molar-refractivity contribution in [2.45, 2.75) is 41.9 Å². The molecule has 1 aliphatic rings. The molecule has 29 heavy (non-hydrogen) atoms. The van der Waals surface area contributed by atoms with Crippen molar-refractivity contribution in [3.63, 3.8) is 0 Å². The molecule has 0 bridgehead atoms. The van der Waals surface area contributed by atoms with Crippen LogP contribution >= 0.6 is 11.8 Å². The molecule has 10 heteroatoms. The first kappa shape index (κ1) is 20.7. The van der Waals surface area contributed by atoms with Gasteiger partial charge in [0.1, 0.15) is 11.5 Å². The molecule has 2 aromatic rings. The quantitative estimate of drug-likeness (QED) is 0.501. The van der Waals surface area contributed by atoms with Crippen LogP contribution in [0.15, 0.2) is 46.2 Å². The third-order valence-corrected chi connectivity index (χ3v) is 5.80. The molecular weight excluding hydrogens is 401 g/mol. The first-order chi connectivity index (χ1) is 13.8. The Kier molecular flexibility index (Phi) is 6.42. The van der Waals surface area contributed by atoms with Crippen LogP contribution < -0.4 is 5.32 Å². The van der Waals surface area contributed by atoms with E-state index in [0.29, 0.717) is 17.7 Å². The third kappa shape index (κ3) is 5.08. The summed E-state index contributed by atoms with van der Waals surface area (Å²) in [5, 5.41) is 25.5. The van der Waals surface area contributed by atoms with Crippen LogP contribution in [0.3, 0.4) is 0 Å². The number of carbonyl (C=O) groups excluding carboxylic acids is 1. The fraction of sp³-hybridized carbons (Fsp3) is 0.316. The van der Waals surface area contributed by atoms with Gasteiger partial charge in [-0.3, -0.25) is 25.0 Å². The van der Waals surface area contributed by atoms with E-state index >= 15 is 0 Å². The zero-order chi connectivity index (χ0) is 21.0. The molecule has 152 valence electrons. The van der Waals surface area contributed by atoms with E-state index in [2.05, 4.69) is 5.32 Å². The highest BCUT2D eigenvalue weighted by molar-refractivity contribution is 7.99. The monoisotopic (exact) mass is 419 g/mol. The number of anilines is 1. The maximum absolute atomic E-state index is 13.1. The summed E-state index contributed by atoms with van der Waals surface area (Å²) < 4.78 is 13.1. The zero-order valence-corrected chi connectivity index (χ0v) is 16.1. The summed E-state index contributed by atoms with van der Waals surface area (Å²) in [7, 11) is 0. The van der Waals surface area contributed by atoms with Gasteiger partial charge in [0.05, 0.1) is 20.8 Å². The largest absolute Gasteiger partial charge is 0.320 e. The van der Waals surface area contributed by atoms with Gasteiger partial charge < -0.3 is 5.32 Å². The minimum absolute atomic E-state index is 0.0826. The second-order valence-electron chi connectivity index (χ2n) is 6.73. The lowest BCUT2D eigenvalue weighted by Gasteiger charge is -2.20. The van der Waals surface area contributed by atoms with Crippen molar-refractivity contribution in [2.24, 2.45) is 5.92 Å². The van der Waals surface area contributed by atoms with Crippen molar-refractivity contribution >= 4 is 34.7 Å². The van der Waals surface area contributed by atoms with Gasteiger partial charge in [-0.1, -0.05) is 31.0 Å². The molecule has 0 saturated heterocycles. The molecule has 1 aliphatic carbocycles. The predicted octanol–water partition coefficient (Wildman–Crippen LogP) is 5.31. The Hall–Kier alpha value is -3.01. The Morgan fingerprint density at radius 2 is 1.62 bits per heavy atom. The highest BCUT2D eigenvalue weighted by Crippen LogP contribution is 2.41. The van der Waals surface area contributed by atoms with E-state index in [1.807, 2.05) is 0 Å². The van der Waals surface area contributed by atoms with E-state index in [0.717, 1.165) is 37.1 Å². The molecule has 1 amide bonds. The van der Waals surface area contributed by atoms with Crippen molar-refractivity contribution in [1.82, 2.24) is 0 Å². The van der Waals surface area contributed by atoms with Gasteiger partial charge in [-0.05, 0) is 43.2 Å². The molecule has 0 aromatic heterocycles. The van der Waals surface area contributed by atoms with E-state index in [1.165, 1.54) is 30.3 Å². The second-order valence-corrected chi connectivity index (χ2v) is 7.85. The van der Waals surface area contributed by atoms with E-state index < -0.39 is 27.0 Å². The first-order valence-corrected chi connectivity index (χ1v) is 9.88. The van der Waals surface area contributed by atoms with E-state index in [9.17, 15) is 29.4 Å². The predicted molar refractivity (Wildman–Crippen MR) is 105 cm³/mol. The molecule has 1 fully saturated rings. The molecular formula is C19H18FN3O5S. The molecule has 0 spiro atoms. The summed E-state index contributed by atoms with van der Waals surface area (Å²) in [6.07, 6.45) is 4.33. The number of nitro benzene ring substituents is 2. The molecule has 1 saturated carbocycles. The Labute approximate surface area is 169 Å². The van der Waals surface area contributed by atoms with Gasteiger partial charge in [0, 0.05) is 10.8 Å². The summed E-state index contributed by atoms with van der Waals surface area (Å²) in [5.74, 6) is -1.00. The van der Waals surface area contributed by atoms with Crippen LogP contribution in [0.5, 0.6) is 0 Å². The van der Waals surface area contributed by atoms with E-state index in [4.69, 9.17) is 0 Å². The molecule has 0 heterocycles. The number of rotatable bonds is 6. The minimum atomic E-state index is -0.754. The maximum Gasteiger partial charge on any atom is 0.299 e. The SMILES string of the molecule is O=C(Nc1cc(Sc2ccc(F)cc2)c([N+](=O)[O-])cc1[N+](=O)[O-])C1CCCCC1. The molecule has 3 rings (SSSR count). The van der Waals surface area contributed by atoms with Crippen LogP contribution in [0.2, 0.25) is 0 Å². The van der Waals surface area contributed by atoms with Gasteiger partial charge in [-0.25, -0.2) is 4.39 Å². The molecule has 8 nitrogen and oxygen atoms in total. The summed E-state index contributed by atoms with van der Waals surface area (Å²) in [6, 6.07) is 7.42. The minimum Gasteiger partial charge on any atom is -0.320 e. The topological polar surface area (TPSA) is 115 Å². The Balaban J connectivity index is 1.96. The van der Waals surface area contributed by atoms with Gasteiger partial charge in [0.25, 0.3) is 11.4 Å². The number of amides is 1. The lowest BCUT2D eigenvalue weighted by Crippen LogP contribution is -2.25. The van der Waals surface area contributed by atoms with Crippen molar-refractivity contribution in [1.29, 1.82) is 0 Å². The number of hydrogen-bond acceptors (Lipinski definition) is 6. The first-order valence-electron chi connectivity index (χ1n) is 9.06. The van der Waals surface area contributed by atoms with E-state index in [-0.39, 0.29) is 22.4 Å². The molecule has 0 atom stereocenters. The number of benzene rings is 2. The molecule has 2 aromatic carbocycles. The average molecular weight is 419 g/mol. The summed E-state index contributed by atoms with van der Waals surface area (Å²) in [4.78, 5) is 34.6. The van der Waals surface area contributed by atoms with Crippen molar-refractivity contribution < 1.29 is 19.0 Å². The number of halogens is 1. The normalized spacial score (nSPS) is 14.4. The smallest absolute Gasteiger partial charge is 0.299 e. The van der Waals surface area contributed by atoms with Crippen LogP contribution in [-0.2, 0) is 4.79 Å². The highest BCUT2D eigenvalue weighted by atomic mass is 32.2. The fourth-order valence-corrected chi connectivity index (χ4v) is 4.20. The molecule has 0 unspecified atom stereocenters. The van der Waals surface area contributed by atoms with Crippen LogP contribution in [0.25, 0.3) is 0 Å². The molecule has 0 radical (unpaired) electrons. The number of carbonyl (C=O) groups is 1. The number of nitrogens with zero attached hydrogens (tertiary/aromatic N) is 2. The van der Waals surface area contributed by atoms with Crippen LogP contribution in [0, 0.1) is 32.0 Å². The molecule has 0 aliphatic heterocycles. The standard InChI is InChI=1S/C19H18FN3O5S/c20-13-6-8-14(9-7-13)29-18-10-15(16(22(25)26)11-17(18)23(27)28)21-19(24)12-4-2-1-3-5-12/h6-12H,1-5H2,(H,21,24). The second kappa shape index (κ2) is 8.99. The lowest BCUT2D eigenvalue weighted by molar-refractivity contribution is -0.395. The number of hydrogen-bond donors (Lipinski definition) is 1. The van der Waals surface area contributed by atoms with Crippen LogP contribution in [0.4, 0.5) is 21.5 Å². The maximum atomic E-state index is 13.1. The summed E-state index contributed by atoms with van der Waals surface area (Å²) in [6.45, 7) is 0. The van der Waals surface area contributed by atoms with Crippen molar-refractivity contribution in [3.05, 3.63) is 62.4 Å². The Bertz CT molecular complexity index is 946. The van der Waals surface area contributed by atoms with Crippen molar-refractivity contribution in [3.8, 4) is 0 Å². The van der Waals surface area contributed by atoms with Gasteiger partial charge in [-0.15, -0.1) is 0 Å². The Morgan fingerprint density at radius 1 is 1.00 bits per heavy atom. The van der Waals surface area contributed by atoms with Crippen LogP contribution in [-0.4, -0.2) is 15.8 Å². The molecule has 1 N–H and O–H groups in total. The summed E-state index contributed by atoms with van der Waals surface area (Å²) >= 11 is 0.966. The van der Waals surface area contributed by atoms with Gasteiger partial charge in [0.15, 0.2) is 0 Å². The fourth-order valence-electron chi connectivity index (χ4n) is 3.26. The van der Waals surface area contributed by atoms with Crippen molar-refractivity contribution in [2.75, 3.05) is 5.32 Å². The Morgan fingerprint density at radius 3 is 2.21 bits per heavy atom. The summed E-state index contributed by atoms with van der Waals surface area (Å²) in [5.41, 5.74) is -1.08.